The molecule has 0 aromatic rings. The van der Waals surface area contributed by atoms with Gasteiger partial charge in [-0.1, -0.05) is 64.3 Å². The molecule has 0 spiro atoms. The van der Waals surface area contributed by atoms with E-state index in [4.69, 9.17) is 0 Å². The molecule has 0 rings (SSSR count). The predicted molar refractivity (Wildman–Crippen MR) is 86.1 cm³/mol. The molecule has 1 amide bonds. The molecule has 0 saturated heterocycles. The zero-order valence-corrected chi connectivity index (χ0v) is 12.7. The van der Waals surface area contributed by atoms with Crippen LogP contribution in [0.3, 0.4) is 0 Å². The molecule has 0 bridgehead atoms. The third-order valence-electron chi connectivity index (χ3n) is 2.22. The van der Waals surface area contributed by atoms with Gasteiger partial charge in [0.2, 0.25) is 5.91 Å². The maximum absolute atomic E-state index is 11.4. The minimum Gasteiger partial charge on any atom is -0.356 e. The van der Waals surface area contributed by atoms with E-state index in [1.807, 2.05) is 39.0 Å². The molecule has 2 heteroatoms. The largest absolute Gasteiger partial charge is 0.356 e. The van der Waals surface area contributed by atoms with Gasteiger partial charge < -0.3 is 5.32 Å². The second kappa shape index (κ2) is 16.4. The molecule has 2 nitrogen and oxygen atoms in total. The topological polar surface area (TPSA) is 29.1 Å². The second-order valence-electron chi connectivity index (χ2n) is 3.78. The third-order valence-corrected chi connectivity index (χ3v) is 2.22. The SMILES string of the molecule is C=C/C=C\C(=C/C=C)CCCC(=O)NCCC.CC. The van der Waals surface area contributed by atoms with Crippen LogP contribution in [0, 0.1) is 0 Å². The van der Waals surface area contributed by atoms with E-state index in [9.17, 15) is 4.79 Å². The molecule has 0 unspecified atom stereocenters. The highest BCUT2D eigenvalue weighted by Gasteiger charge is 2.00. The molecule has 108 valence electrons. The Hall–Kier alpha value is -1.57. The number of hydrogen-bond acceptors (Lipinski definition) is 1. The Morgan fingerprint density at radius 2 is 1.84 bits per heavy atom. The van der Waals surface area contributed by atoms with Gasteiger partial charge in [0.1, 0.15) is 0 Å². The standard InChI is InChI=1S/C15H23NO.C2H6/c1-4-7-10-14(9-5-2)11-8-12-15(17)16-13-6-3;1-2/h4-5,7,9-10H,1-2,6,8,11-13H2,3H3,(H,16,17);1-2H3/b10-7-,14-9+;. The first-order valence-corrected chi connectivity index (χ1v) is 7.12. The maximum Gasteiger partial charge on any atom is 0.220 e. The van der Waals surface area contributed by atoms with E-state index in [2.05, 4.69) is 18.5 Å². The Labute approximate surface area is 119 Å². The minimum absolute atomic E-state index is 0.137. The van der Waals surface area contributed by atoms with E-state index >= 15 is 0 Å². The van der Waals surface area contributed by atoms with Gasteiger partial charge in [-0.25, -0.2) is 0 Å². The van der Waals surface area contributed by atoms with Crippen molar-refractivity contribution in [3.05, 3.63) is 49.1 Å². The lowest BCUT2D eigenvalue weighted by molar-refractivity contribution is -0.121. The normalized spacial score (nSPS) is 10.6. The van der Waals surface area contributed by atoms with Crippen LogP contribution >= 0.6 is 0 Å². The van der Waals surface area contributed by atoms with Crippen LogP contribution in [-0.4, -0.2) is 12.5 Å². The zero-order chi connectivity index (χ0) is 14.9. The summed E-state index contributed by atoms with van der Waals surface area (Å²) in [6.45, 7) is 14.1. The molecule has 0 aromatic heterocycles. The van der Waals surface area contributed by atoms with Crippen LogP contribution in [0.1, 0.15) is 46.5 Å². The van der Waals surface area contributed by atoms with Crippen LogP contribution < -0.4 is 5.32 Å². The van der Waals surface area contributed by atoms with Gasteiger partial charge >= 0.3 is 0 Å². The van der Waals surface area contributed by atoms with Crippen LogP contribution in [0.2, 0.25) is 0 Å². The van der Waals surface area contributed by atoms with Gasteiger partial charge in [0.25, 0.3) is 0 Å². The van der Waals surface area contributed by atoms with E-state index in [0.717, 1.165) is 25.8 Å². The summed E-state index contributed by atoms with van der Waals surface area (Å²) >= 11 is 0. The molecular formula is C17H29NO. The molecule has 0 aliphatic rings. The fraction of sp³-hybridized carbons (Fsp3) is 0.471. The summed E-state index contributed by atoms with van der Waals surface area (Å²) in [6, 6.07) is 0. The van der Waals surface area contributed by atoms with Crippen molar-refractivity contribution in [1.82, 2.24) is 5.32 Å². The van der Waals surface area contributed by atoms with Crippen LogP contribution in [0.25, 0.3) is 0 Å². The summed E-state index contributed by atoms with van der Waals surface area (Å²) in [5.74, 6) is 0.137. The third kappa shape index (κ3) is 14.4. The Morgan fingerprint density at radius 3 is 2.37 bits per heavy atom. The van der Waals surface area contributed by atoms with Crippen LogP contribution in [0.5, 0.6) is 0 Å². The number of amides is 1. The molecule has 0 fully saturated rings. The molecular weight excluding hydrogens is 234 g/mol. The average Bonchev–Trinajstić information content (AvgIpc) is 2.44. The monoisotopic (exact) mass is 263 g/mol. The van der Waals surface area contributed by atoms with Crippen molar-refractivity contribution in [1.29, 1.82) is 0 Å². The van der Waals surface area contributed by atoms with Crippen molar-refractivity contribution in [3.8, 4) is 0 Å². The Bertz CT molecular complexity index is 300. The Morgan fingerprint density at radius 1 is 1.16 bits per heavy atom. The van der Waals surface area contributed by atoms with Gasteiger partial charge in [-0.05, 0) is 24.8 Å². The number of carbonyl (C=O) groups excluding carboxylic acids is 1. The lowest BCUT2D eigenvalue weighted by atomic mass is 10.1. The molecule has 0 aliphatic carbocycles. The molecule has 0 radical (unpaired) electrons. The number of nitrogens with one attached hydrogen (secondary N) is 1. The van der Waals surface area contributed by atoms with E-state index < -0.39 is 0 Å². The maximum atomic E-state index is 11.4. The summed E-state index contributed by atoms with van der Waals surface area (Å²) < 4.78 is 0. The first-order chi connectivity index (χ1) is 9.24. The van der Waals surface area contributed by atoms with E-state index in [1.165, 1.54) is 5.57 Å². The first kappa shape index (κ1) is 19.8. The van der Waals surface area contributed by atoms with Gasteiger partial charge in [-0.3, -0.25) is 4.79 Å². The fourth-order valence-electron chi connectivity index (χ4n) is 1.37. The molecule has 0 aliphatic heterocycles. The van der Waals surface area contributed by atoms with Gasteiger partial charge in [0.15, 0.2) is 0 Å². The van der Waals surface area contributed by atoms with Crippen LogP contribution in [0.15, 0.2) is 49.1 Å². The highest BCUT2D eigenvalue weighted by Crippen LogP contribution is 2.09. The molecule has 1 N–H and O–H groups in total. The number of rotatable bonds is 9. The van der Waals surface area contributed by atoms with Crippen molar-refractivity contribution in [2.24, 2.45) is 0 Å². The average molecular weight is 263 g/mol. The summed E-state index contributed by atoms with van der Waals surface area (Å²) in [5, 5.41) is 2.87. The molecule has 0 heterocycles. The Kier molecular flexibility index (Phi) is 17.1. The molecule has 0 aromatic carbocycles. The number of hydrogen-bond donors (Lipinski definition) is 1. The number of allylic oxidation sites excluding steroid dienone is 6. The summed E-state index contributed by atoms with van der Waals surface area (Å²) in [5.41, 5.74) is 1.17. The summed E-state index contributed by atoms with van der Waals surface area (Å²) in [7, 11) is 0. The summed E-state index contributed by atoms with van der Waals surface area (Å²) in [4.78, 5) is 11.4. The Balaban J connectivity index is 0. The highest BCUT2D eigenvalue weighted by atomic mass is 16.1. The van der Waals surface area contributed by atoms with E-state index in [1.54, 1.807) is 12.2 Å². The lowest BCUT2D eigenvalue weighted by Gasteiger charge is -2.04. The fourth-order valence-corrected chi connectivity index (χ4v) is 1.37. The van der Waals surface area contributed by atoms with Gasteiger partial charge in [-0.2, -0.15) is 0 Å². The summed E-state index contributed by atoms with van der Waals surface area (Å²) in [6.07, 6.45) is 12.7. The van der Waals surface area contributed by atoms with Crippen LogP contribution in [-0.2, 0) is 4.79 Å². The van der Waals surface area contributed by atoms with Crippen molar-refractivity contribution >= 4 is 5.91 Å². The molecule has 0 atom stereocenters. The van der Waals surface area contributed by atoms with Crippen molar-refractivity contribution in [2.75, 3.05) is 6.54 Å². The smallest absolute Gasteiger partial charge is 0.220 e. The second-order valence-corrected chi connectivity index (χ2v) is 3.78. The lowest BCUT2D eigenvalue weighted by Crippen LogP contribution is -2.23. The quantitative estimate of drug-likeness (QED) is 0.607. The minimum atomic E-state index is 0.137. The van der Waals surface area contributed by atoms with Crippen LogP contribution in [0.4, 0.5) is 0 Å². The van der Waals surface area contributed by atoms with Gasteiger partial charge in [0.05, 0.1) is 0 Å². The number of carbonyl (C=O) groups is 1. The molecule has 0 saturated carbocycles. The van der Waals surface area contributed by atoms with Gasteiger partial charge in [-0.15, -0.1) is 0 Å². The van der Waals surface area contributed by atoms with E-state index in [-0.39, 0.29) is 5.91 Å². The van der Waals surface area contributed by atoms with Crippen molar-refractivity contribution in [2.45, 2.75) is 46.5 Å². The van der Waals surface area contributed by atoms with Gasteiger partial charge in [0, 0.05) is 13.0 Å². The van der Waals surface area contributed by atoms with Crippen molar-refractivity contribution < 1.29 is 4.79 Å². The predicted octanol–water partition coefficient (Wildman–Crippen LogP) is 4.56. The zero-order valence-electron chi connectivity index (χ0n) is 12.7. The molecule has 19 heavy (non-hydrogen) atoms. The first-order valence-electron chi connectivity index (χ1n) is 7.12. The van der Waals surface area contributed by atoms with Crippen molar-refractivity contribution in [3.63, 3.8) is 0 Å². The van der Waals surface area contributed by atoms with E-state index in [0.29, 0.717) is 6.42 Å². The highest BCUT2D eigenvalue weighted by molar-refractivity contribution is 5.75.